The summed E-state index contributed by atoms with van der Waals surface area (Å²) in [4.78, 5) is 14.5. The normalized spacial score (nSPS) is 13.9. The summed E-state index contributed by atoms with van der Waals surface area (Å²) in [5.41, 5.74) is 0. The van der Waals surface area contributed by atoms with Crippen LogP contribution in [-0.4, -0.2) is 67.4 Å². The van der Waals surface area contributed by atoms with E-state index in [4.69, 9.17) is 17.7 Å². The minimum absolute atomic E-state index is 0.0794. The summed E-state index contributed by atoms with van der Waals surface area (Å²) in [6, 6.07) is 0.798. The molecule has 6 nitrogen and oxygen atoms in total. The molecule has 0 heterocycles. The van der Waals surface area contributed by atoms with E-state index in [1.165, 1.54) is 0 Å². The van der Waals surface area contributed by atoms with Gasteiger partial charge in [-0.2, -0.15) is 0 Å². The molecule has 156 valence electrons. The largest absolute Gasteiger partial charge is 0.520 e. The zero-order chi connectivity index (χ0) is 20.2. The fraction of sp³-hybridized carbons (Fsp3) is 0.944. The first-order chi connectivity index (χ1) is 12.1. The van der Waals surface area contributed by atoms with E-state index < -0.39 is 17.1 Å². The van der Waals surface area contributed by atoms with Crippen LogP contribution >= 0.6 is 0 Å². The maximum absolute atomic E-state index is 12.2. The number of rotatable bonds is 15. The molecule has 0 rings (SSSR count). The molecule has 0 aromatic heterocycles. The van der Waals surface area contributed by atoms with Crippen LogP contribution in [0.4, 0.5) is 0 Å². The molecule has 0 fully saturated rings. The van der Waals surface area contributed by atoms with Gasteiger partial charge in [-0.1, -0.05) is 13.8 Å². The van der Waals surface area contributed by atoms with Crippen LogP contribution in [0.5, 0.6) is 0 Å². The molecule has 0 aliphatic rings. The van der Waals surface area contributed by atoms with Gasteiger partial charge in [-0.25, -0.2) is 0 Å². The number of carbonyl (C=O) groups is 1. The molecule has 1 atom stereocenters. The van der Waals surface area contributed by atoms with Crippen LogP contribution in [0.25, 0.3) is 0 Å². The van der Waals surface area contributed by atoms with E-state index >= 15 is 0 Å². The molecule has 26 heavy (non-hydrogen) atoms. The van der Waals surface area contributed by atoms with Crippen LogP contribution in [0.2, 0.25) is 25.7 Å². The number of hydrogen-bond donors (Lipinski definition) is 0. The summed E-state index contributed by atoms with van der Waals surface area (Å²) < 4.78 is 23.3. The van der Waals surface area contributed by atoms with Gasteiger partial charge in [0.1, 0.15) is 0 Å². The summed E-state index contributed by atoms with van der Waals surface area (Å²) in [6.45, 7) is 20.4. The first kappa shape index (κ1) is 25.7. The second-order valence-corrected chi connectivity index (χ2v) is 14.6. The molecule has 0 bridgehead atoms. The van der Waals surface area contributed by atoms with E-state index in [0.29, 0.717) is 26.4 Å². The van der Waals surface area contributed by atoms with Gasteiger partial charge < -0.3 is 22.6 Å². The Hall–Kier alpha value is -0.256. The lowest BCUT2D eigenvalue weighted by Crippen LogP contribution is -2.46. The summed E-state index contributed by atoms with van der Waals surface area (Å²) in [5.74, 6) is -0.196. The SMILES string of the molecule is CCO[Si](CCCN(CC)CC(C)C(=O)O[Si](C)(C)C)(OCC)OCC. The van der Waals surface area contributed by atoms with Crippen molar-refractivity contribution in [2.75, 3.05) is 39.5 Å². The topological polar surface area (TPSA) is 57.2 Å². The molecule has 1 unspecified atom stereocenters. The van der Waals surface area contributed by atoms with Crippen molar-refractivity contribution < 1.29 is 22.5 Å². The van der Waals surface area contributed by atoms with Gasteiger partial charge in [0, 0.05) is 32.4 Å². The van der Waals surface area contributed by atoms with E-state index in [9.17, 15) is 4.79 Å². The Labute approximate surface area is 163 Å². The Kier molecular flexibility index (Phi) is 12.9. The van der Waals surface area contributed by atoms with Crippen LogP contribution in [0.15, 0.2) is 0 Å². The molecule has 0 saturated heterocycles. The highest BCUT2D eigenvalue weighted by molar-refractivity contribution is 6.71. The Bertz CT molecular complexity index is 373. The van der Waals surface area contributed by atoms with Crippen molar-refractivity contribution in [2.45, 2.75) is 66.7 Å². The van der Waals surface area contributed by atoms with Crippen LogP contribution in [0.1, 0.15) is 41.0 Å². The molecular weight excluding hydrogens is 366 g/mol. The second-order valence-electron chi connectivity index (χ2n) is 7.41. The van der Waals surface area contributed by atoms with E-state index in [1.807, 2.05) is 47.3 Å². The van der Waals surface area contributed by atoms with Crippen molar-refractivity contribution in [1.82, 2.24) is 4.90 Å². The average molecular weight is 408 g/mol. The molecule has 0 aromatic carbocycles. The highest BCUT2D eigenvalue weighted by atomic mass is 28.4. The third kappa shape index (κ3) is 10.8. The minimum Gasteiger partial charge on any atom is -0.520 e. The quantitative estimate of drug-likeness (QED) is 0.385. The van der Waals surface area contributed by atoms with Crippen molar-refractivity contribution in [1.29, 1.82) is 0 Å². The van der Waals surface area contributed by atoms with Crippen molar-refractivity contribution in [3.63, 3.8) is 0 Å². The highest BCUT2D eigenvalue weighted by Crippen LogP contribution is 2.19. The molecule has 0 amide bonds. The van der Waals surface area contributed by atoms with Gasteiger partial charge in [0.15, 0.2) is 0 Å². The Morgan fingerprint density at radius 1 is 0.962 bits per heavy atom. The van der Waals surface area contributed by atoms with Gasteiger partial charge in [0.05, 0.1) is 5.92 Å². The smallest absolute Gasteiger partial charge is 0.500 e. The Morgan fingerprint density at radius 3 is 1.85 bits per heavy atom. The van der Waals surface area contributed by atoms with Crippen LogP contribution < -0.4 is 0 Å². The van der Waals surface area contributed by atoms with E-state index in [0.717, 1.165) is 25.6 Å². The number of hydrogen-bond acceptors (Lipinski definition) is 6. The maximum atomic E-state index is 12.2. The van der Waals surface area contributed by atoms with Crippen molar-refractivity contribution >= 4 is 23.1 Å². The molecule has 0 aliphatic carbocycles. The maximum Gasteiger partial charge on any atom is 0.500 e. The predicted molar refractivity (Wildman–Crippen MR) is 111 cm³/mol. The Balaban J connectivity index is 4.60. The van der Waals surface area contributed by atoms with Gasteiger partial charge in [0.25, 0.3) is 5.97 Å². The molecule has 0 spiro atoms. The van der Waals surface area contributed by atoms with Gasteiger partial charge in [-0.05, 0) is 59.9 Å². The summed E-state index contributed by atoms with van der Waals surface area (Å²) in [6.07, 6.45) is 0.926. The summed E-state index contributed by atoms with van der Waals surface area (Å²) in [5, 5.41) is 0. The van der Waals surface area contributed by atoms with Crippen LogP contribution in [0, 0.1) is 5.92 Å². The first-order valence-electron chi connectivity index (χ1n) is 10.00. The van der Waals surface area contributed by atoms with Crippen molar-refractivity contribution in [3.8, 4) is 0 Å². The minimum atomic E-state index is -2.58. The van der Waals surface area contributed by atoms with E-state index in [1.54, 1.807) is 0 Å². The monoisotopic (exact) mass is 407 g/mol. The van der Waals surface area contributed by atoms with Gasteiger partial charge in [-0.3, -0.25) is 4.79 Å². The molecule has 0 saturated carbocycles. The molecule has 0 radical (unpaired) electrons. The zero-order valence-corrected chi connectivity index (χ0v) is 20.2. The molecule has 0 N–H and O–H groups in total. The van der Waals surface area contributed by atoms with Gasteiger partial charge >= 0.3 is 8.80 Å². The van der Waals surface area contributed by atoms with Crippen LogP contribution in [-0.2, 0) is 22.5 Å². The second kappa shape index (κ2) is 13.0. The lowest BCUT2D eigenvalue weighted by molar-refractivity contribution is -0.139. The number of carbonyl (C=O) groups excluding carboxylic acids is 1. The lowest BCUT2D eigenvalue weighted by atomic mass is 10.1. The van der Waals surface area contributed by atoms with Crippen molar-refractivity contribution in [2.24, 2.45) is 5.92 Å². The fourth-order valence-electron chi connectivity index (χ4n) is 2.76. The molecule has 0 aromatic rings. The first-order valence-corrected chi connectivity index (χ1v) is 15.3. The number of nitrogens with zero attached hydrogens (tertiary/aromatic N) is 1. The molecular formula is C18H41NO5Si2. The van der Waals surface area contributed by atoms with E-state index in [-0.39, 0.29) is 11.9 Å². The zero-order valence-electron chi connectivity index (χ0n) is 18.2. The summed E-state index contributed by atoms with van der Waals surface area (Å²) in [7, 11) is -4.42. The predicted octanol–water partition coefficient (Wildman–Crippen LogP) is 3.76. The summed E-state index contributed by atoms with van der Waals surface area (Å²) >= 11 is 0. The van der Waals surface area contributed by atoms with Gasteiger partial charge in [-0.15, -0.1) is 0 Å². The average Bonchev–Trinajstić information content (AvgIpc) is 2.52. The fourth-order valence-corrected chi connectivity index (χ4v) is 6.16. The standard InChI is InChI=1S/C18H41NO5Si2/c1-9-19(16-17(5)18(20)24-25(6,7)8)14-13-15-26(21-10-2,22-11-3)23-12-4/h17H,9-16H2,1-8H3. The molecule has 8 heteroatoms. The Morgan fingerprint density at radius 2 is 1.46 bits per heavy atom. The van der Waals surface area contributed by atoms with E-state index in [2.05, 4.69) is 11.8 Å². The van der Waals surface area contributed by atoms with Gasteiger partial charge in [0.2, 0.25) is 8.32 Å². The highest BCUT2D eigenvalue weighted by Gasteiger charge is 2.39. The van der Waals surface area contributed by atoms with Crippen LogP contribution in [0.3, 0.4) is 0 Å². The molecule has 0 aliphatic heterocycles. The third-order valence-electron chi connectivity index (χ3n) is 3.84. The van der Waals surface area contributed by atoms with Crippen molar-refractivity contribution in [3.05, 3.63) is 0 Å². The third-order valence-corrected chi connectivity index (χ3v) is 7.80. The lowest BCUT2D eigenvalue weighted by Gasteiger charge is -2.30.